The molecule has 0 spiro atoms. The third-order valence-corrected chi connectivity index (χ3v) is 6.32. The van der Waals surface area contributed by atoms with Gasteiger partial charge < -0.3 is 14.5 Å². The van der Waals surface area contributed by atoms with Gasteiger partial charge in [0, 0.05) is 22.5 Å². The second-order valence-corrected chi connectivity index (χ2v) is 8.99. The predicted molar refractivity (Wildman–Crippen MR) is 126 cm³/mol. The highest BCUT2D eigenvalue weighted by Gasteiger charge is 2.22. The van der Waals surface area contributed by atoms with Crippen LogP contribution >= 0.6 is 11.6 Å². The third kappa shape index (κ3) is 4.84. The van der Waals surface area contributed by atoms with Crippen LogP contribution in [0.4, 0.5) is 11.4 Å². The number of amides is 1. The van der Waals surface area contributed by atoms with Crippen LogP contribution in [-0.2, 0) is 10.0 Å². The number of carbonyl (C=O) groups excluding carboxylic acids is 1. The summed E-state index contributed by atoms with van der Waals surface area (Å²) in [6.07, 6.45) is 0. The Balaban J connectivity index is 1.64. The van der Waals surface area contributed by atoms with E-state index in [-0.39, 0.29) is 33.1 Å². The van der Waals surface area contributed by atoms with Gasteiger partial charge in [0.2, 0.25) is 0 Å². The number of nitrogens with one attached hydrogen (secondary N) is 2. The SMILES string of the molecule is COc1ccc(NC(=O)c2cc(=O)c3ccccc3o2)cc1S(=O)(=O)Nc1ccc(Cl)cc1. The van der Waals surface area contributed by atoms with E-state index < -0.39 is 15.9 Å². The van der Waals surface area contributed by atoms with Crippen LogP contribution in [0.15, 0.2) is 86.9 Å². The van der Waals surface area contributed by atoms with Gasteiger partial charge in [0.1, 0.15) is 16.2 Å². The lowest BCUT2D eigenvalue weighted by Crippen LogP contribution is -2.17. The molecule has 10 heteroatoms. The van der Waals surface area contributed by atoms with Crippen LogP contribution in [0, 0.1) is 0 Å². The van der Waals surface area contributed by atoms with Gasteiger partial charge >= 0.3 is 0 Å². The molecule has 8 nitrogen and oxygen atoms in total. The summed E-state index contributed by atoms with van der Waals surface area (Å²) in [7, 11) is -2.74. The van der Waals surface area contributed by atoms with Crippen LogP contribution in [0.25, 0.3) is 11.0 Å². The molecule has 0 unspecified atom stereocenters. The maximum atomic E-state index is 13.0. The molecule has 0 aliphatic rings. The zero-order valence-electron chi connectivity index (χ0n) is 17.2. The standard InChI is InChI=1S/C23H17ClN2O6S/c1-31-20-11-10-16(12-22(20)33(29,30)26-15-8-6-14(24)7-9-15)25-23(28)21-13-18(27)17-4-2-3-5-19(17)32-21/h2-13,26H,1H3,(H,25,28). The lowest BCUT2D eigenvalue weighted by atomic mass is 10.2. The maximum absolute atomic E-state index is 13.0. The first-order chi connectivity index (χ1) is 15.8. The van der Waals surface area contributed by atoms with Crippen molar-refractivity contribution in [1.82, 2.24) is 0 Å². The van der Waals surface area contributed by atoms with Gasteiger partial charge in [-0.1, -0.05) is 23.7 Å². The highest BCUT2D eigenvalue weighted by Crippen LogP contribution is 2.29. The minimum Gasteiger partial charge on any atom is -0.495 e. The van der Waals surface area contributed by atoms with Gasteiger partial charge in [-0.3, -0.25) is 14.3 Å². The molecule has 0 bridgehead atoms. The van der Waals surface area contributed by atoms with Gasteiger partial charge in [0.25, 0.3) is 15.9 Å². The lowest BCUT2D eigenvalue weighted by molar-refractivity contribution is 0.0997. The van der Waals surface area contributed by atoms with Crippen molar-refractivity contribution < 1.29 is 22.4 Å². The Morgan fingerprint density at radius 1 is 0.970 bits per heavy atom. The Bertz CT molecular complexity index is 1510. The van der Waals surface area contributed by atoms with Crippen molar-refractivity contribution in [2.24, 2.45) is 0 Å². The molecule has 1 amide bonds. The summed E-state index contributed by atoms with van der Waals surface area (Å²) in [4.78, 5) is 24.8. The molecule has 2 N–H and O–H groups in total. The van der Waals surface area contributed by atoms with Crippen LogP contribution < -0.4 is 20.2 Å². The van der Waals surface area contributed by atoms with Gasteiger partial charge in [-0.25, -0.2) is 8.42 Å². The maximum Gasteiger partial charge on any atom is 0.291 e. The van der Waals surface area contributed by atoms with E-state index in [4.69, 9.17) is 20.8 Å². The summed E-state index contributed by atoms with van der Waals surface area (Å²) in [5.41, 5.74) is 0.356. The highest BCUT2D eigenvalue weighted by atomic mass is 35.5. The van der Waals surface area contributed by atoms with Crippen molar-refractivity contribution in [2.45, 2.75) is 4.90 Å². The van der Waals surface area contributed by atoms with Gasteiger partial charge in [0.15, 0.2) is 11.2 Å². The normalized spacial score (nSPS) is 11.2. The molecule has 0 atom stereocenters. The molecule has 0 saturated carbocycles. The van der Waals surface area contributed by atoms with E-state index in [9.17, 15) is 18.0 Å². The Morgan fingerprint density at radius 2 is 1.67 bits per heavy atom. The van der Waals surface area contributed by atoms with Crippen molar-refractivity contribution in [3.63, 3.8) is 0 Å². The molecule has 33 heavy (non-hydrogen) atoms. The lowest BCUT2D eigenvalue weighted by Gasteiger charge is -2.14. The Hall–Kier alpha value is -3.82. The van der Waals surface area contributed by atoms with E-state index in [1.54, 1.807) is 36.4 Å². The number of hydrogen-bond acceptors (Lipinski definition) is 6. The van der Waals surface area contributed by atoms with E-state index in [2.05, 4.69) is 10.0 Å². The topological polar surface area (TPSA) is 115 Å². The van der Waals surface area contributed by atoms with Crippen molar-refractivity contribution in [2.75, 3.05) is 17.1 Å². The monoisotopic (exact) mass is 484 g/mol. The highest BCUT2D eigenvalue weighted by molar-refractivity contribution is 7.92. The van der Waals surface area contributed by atoms with Crippen molar-refractivity contribution in [1.29, 1.82) is 0 Å². The van der Waals surface area contributed by atoms with Gasteiger partial charge in [-0.2, -0.15) is 0 Å². The zero-order valence-corrected chi connectivity index (χ0v) is 18.7. The summed E-state index contributed by atoms with van der Waals surface area (Å²) >= 11 is 5.84. The summed E-state index contributed by atoms with van der Waals surface area (Å²) in [6, 6.07) is 17.9. The molecular weight excluding hydrogens is 468 g/mol. The number of rotatable bonds is 6. The molecular formula is C23H17ClN2O6S. The molecule has 168 valence electrons. The minimum atomic E-state index is -4.07. The summed E-state index contributed by atoms with van der Waals surface area (Å²) in [5.74, 6) is -0.845. The van der Waals surface area contributed by atoms with Gasteiger partial charge in [-0.15, -0.1) is 0 Å². The van der Waals surface area contributed by atoms with Crippen LogP contribution in [0.5, 0.6) is 5.75 Å². The number of carbonyl (C=O) groups is 1. The van der Waals surface area contributed by atoms with Gasteiger partial charge in [0.05, 0.1) is 12.5 Å². The fourth-order valence-electron chi connectivity index (χ4n) is 3.10. The summed E-state index contributed by atoms with van der Waals surface area (Å²) < 4.78 is 39.1. The summed E-state index contributed by atoms with van der Waals surface area (Å²) in [5, 5.41) is 3.35. The molecule has 3 aromatic carbocycles. The quantitative estimate of drug-likeness (QED) is 0.416. The van der Waals surface area contributed by atoms with Crippen molar-refractivity contribution in [3.8, 4) is 5.75 Å². The molecule has 0 aliphatic heterocycles. The number of para-hydroxylation sites is 1. The molecule has 0 aliphatic carbocycles. The zero-order chi connectivity index (χ0) is 23.6. The second-order valence-electron chi connectivity index (χ2n) is 6.90. The van der Waals surface area contributed by atoms with E-state index in [0.29, 0.717) is 16.1 Å². The van der Waals surface area contributed by atoms with Crippen molar-refractivity contribution >= 4 is 49.9 Å². The van der Waals surface area contributed by atoms with E-state index >= 15 is 0 Å². The average molecular weight is 485 g/mol. The molecule has 1 heterocycles. The number of halogens is 1. The fraction of sp³-hybridized carbons (Fsp3) is 0.0435. The van der Waals surface area contributed by atoms with Gasteiger partial charge in [-0.05, 0) is 54.6 Å². The van der Waals surface area contributed by atoms with Crippen LogP contribution in [0.2, 0.25) is 5.02 Å². The number of methoxy groups -OCH3 is 1. The molecule has 0 fully saturated rings. The van der Waals surface area contributed by atoms with E-state index in [1.165, 1.54) is 37.4 Å². The number of ether oxygens (including phenoxy) is 1. The second kappa shape index (κ2) is 8.97. The first kappa shape index (κ1) is 22.4. The fourth-order valence-corrected chi connectivity index (χ4v) is 4.48. The number of sulfonamides is 1. The van der Waals surface area contributed by atoms with Crippen LogP contribution in [0.3, 0.4) is 0 Å². The minimum absolute atomic E-state index is 0.0756. The number of anilines is 2. The van der Waals surface area contributed by atoms with Crippen LogP contribution in [0.1, 0.15) is 10.6 Å². The Morgan fingerprint density at radius 3 is 2.39 bits per heavy atom. The molecule has 0 saturated heterocycles. The molecule has 4 aromatic rings. The molecule has 4 rings (SSSR count). The molecule has 1 aromatic heterocycles. The third-order valence-electron chi connectivity index (χ3n) is 4.67. The molecule has 0 radical (unpaired) electrons. The average Bonchev–Trinajstić information content (AvgIpc) is 2.80. The number of benzene rings is 3. The first-order valence-electron chi connectivity index (χ1n) is 9.57. The Labute approximate surface area is 193 Å². The van der Waals surface area contributed by atoms with Crippen LogP contribution in [-0.4, -0.2) is 21.4 Å². The first-order valence-corrected chi connectivity index (χ1v) is 11.4. The Kier molecular flexibility index (Phi) is 6.08. The number of hydrogen-bond donors (Lipinski definition) is 2. The van der Waals surface area contributed by atoms with E-state index in [1.807, 2.05) is 0 Å². The smallest absolute Gasteiger partial charge is 0.291 e. The number of fused-ring (bicyclic) bond motifs is 1. The largest absolute Gasteiger partial charge is 0.495 e. The van der Waals surface area contributed by atoms with E-state index in [0.717, 1.165) is 6.07 Å². The van der Waals surface area contributed by atoms with Crippen molar-refractivity contribution in [3.05, 3.63) is 93.8 Å². The summed E-state index contributed by atoms with van der Waals surface area (Å²) in [6.45, 7) is 0. The predicted octanol–water partition coefficient (Wildman–Crippen LogP) is 4.51.